The SMILES string of the molecule is Cc1cc(C)cc(N2C(=O)c3cc4sccc4n3C[C@]2(C)C(=O)NC2CCCCC2)c1. The molecule has 5 rings (SSSR count). The van der Waals surface area contributed by atoms with Crippen molar-refractivity contribution in [2.24, 2.45) is 0 Å². The zero-order chi connectivity index (χ0) is 21.8. The molecular formula is C25H29N3O2S. The normalized spacial score (nSPS) is 22.0. The summed E-state index contributed by atoms with van der Waals surface area (Å²) in [6.07, 6.45) is 5.57. The lowest BCUT2D eigenvalue weighted by Crippen LogP contribution is -2.65. The molecule has 3 aromatic rings. The van der Waals surface area contributed by atoms with Gasteiger partial charge in [0.15, 0.2) is 0 Å². The van der Waals surface area contributed by atoms with E-state index in [9.17, 15) is 9.59 Å². The molecule has 2 aromatic heterocycles. The van der Waals surface area contributed by atoms with Crippen LogP contribution in [-0.4, -0.2) is 28.0 Å². The Morgan fingerprint density at radius 1 is 1.10 bits per heavy atom. The van der Waals surface area contributed by atoms with E-state index in [1.807, 2.05) is 55.0 Å². The molecule has 1 N–H and O–H groups in total. The monoisotopic (exact) mass is 435 g/mol. The van der Waals surface area contributed by atoms with E-state index in [4.69, 9.17) is 0 Å². The zero-order valence-corrected chi connectivity index (χ0v) is 19.2. The summed E-state index contributed by atoms with van der Waals surface area (Å²) in [4.78, 5) is 29.4. The van der Waals surface area contributed by atoms with Crippen LogP contribution in [0.2, 0.25) is 0 Å². The molecule has 2 aliphatic rings. The molecule has 6 heteroatoms. The number of amides is 2. The van der Waals surface area contributed by atoms with Crippen LogP contribution in [0.4, 0.5) is 5.69 Å². The van der Waals surface area contributed by atoms with Crippen LogP contribution in [0.1, 0.15) is 60.6 Å². The number of rotatable bonds is 3. The van der Waals surface area contributed by atoms with Gasteiger partial charge >= 0.3 is 0 Å². The Balaban J connectivity index is 1.62. The van der Waals surface area contributed by atoms with Crippen molar-refractivity contribution in [3.8, 4) is 0 Å². The number of aromatic nitrogens is 1. The highest BCUT2D eigenvalue weighted by atomic mass is 32.1. The van der Waals surface area contributed by atoms with Gasteiger partial charge in [-0.3, -0.25) is 14.5 Å². The fourth-order valence-corrected chi connectivity index (χ4v) is 6.11. The highest BCUT2D eigenvalue weighted by molar-refractivity contribution is 7.17. The molecule has 2 amide bonds. The van der Waals surface area contributed by atoms with Crippen molar-refractivity contribution in [1.29, 1.82) is 0 Å². The molecule has 1 aromatic carbocycles. The van der Waals surface area contributed by atoms with Crippen LogP contribution < -0.4 is 10.2 Å². The minimum Gasteiger partial charge on any atom is -0.351 e. The fourth-order valence-electron chi connectivity index (χ4n) is 5.28. The van der Waals surface area contributed by atoms with Gasteiger partial charge in [-0.05, 0) is 74.4 Å². The summed E-state index contributed by atoms with van der Waals surface area (Å²) in [6, 6.07) is 10.3. The number of nitrogens with zero attached hydrogens (tertiary/aromatic N) is 2. The third-order valence-electron chi connectivity index (χ3n) is 6.80. The Bertz CT molecular complexity index is 1150. The van der Waals surface area contributed by atoms with Gasteiger partial charge in [0.25, 0.3) is 5.91 Å². The Morgan fingerprint density at radius 2 is 1.81 bits per heavy atom. The van der Waals surface area contributed by atoms with Gasteiger partial charge in [0.1, 0.15) is 11.2 Å². The molecule has 1 atom stereocenters. The van der Waals surface area contributed by atoms with Crippen molar-refractivity contribution in [2.45, 2.75) is 71.0 Å². The van der Waals surface area contributed by atoms with E-state index in [2.05, 4.69) is 11.4 Å². The minimum atomic E-state index is -1.00. The van der Waals surface area contributed by atoms with Crippen LogP contribution in [0, 0.1) is 13.8 Å². The molecule has 1 aliphatic carbocycles. The van der Waals surface area contributed by atoms with Gasteiger partial charge in [-0.25, -0.2) is 0 Å². The van der Waals surface area contributed by atoms with E-state index in [-0.39, 0.29) is 17.9 Å². The fraction of sp³-hybridized carbons (Fsp3) is 0.440. The summed E-state index contributed by atoms with van der Waals surface area (Å²) < 4.78 is 3.12. The van der Waals surface area contributed by atoms with E-state index in [1.54, 1.807) is 16.2 Å². The molecule has 1 saturated carbocycles. The van der Waals surface area contributed by atoms with Crippen molar-refractivity contribution in [1.82, 2.24) is 9.88 Å². The predicted octanol–water partition coefficient (Wildman–Crippen LogP) is 5.19. The quantitative estimate of drug-likeness (QED) is 0.616. The smallest absolute Gasteiger partial charge is 0.275 e. The maximum Gasteiger partial charge on any atom is 0.275 e. The topological polar surface area (TPSA) is 54.3 Å². The van der Waals surface area contributed by atoms with Gasteiger partial charge in [0, 0.05) is 11.7 Å². The van der Waals surface area contributed by atoms with E-state index in [0.717, 1.165) is 52.7 Å². The first-order valence-electron chi connectivity index (χ1n) is 11.2. The molecule has 0 bridgehead atoms. The van der Waals surface area contributed by atoms with E-state index in [0.29, 0.717) is 12.2 Å². The molecule has 31 heavy (non-hydrogen) atoms. The van der Waals surface area contributed by atoms with Crippen molar-refractivity contribution in [2.75, 3.05) is 4.90 Å². The van der Waals surface area contributed by atoms with Crippen molar-refractivity contribution < 1.29 is 9.59 Å². The molecule has 0 spiro atoms. The molecule has 1 fully saturated rings. The summed E-state index contributed by atoms with van der Waals surface area (Å²) in [7, 11) is 0. The number of hydrogen-bond donors (Lipinski definition) is 1. The second-order valence-corrected chi connectivity index (χ2v) is 10.3. The average molecular weight is 436 g/mol. The van der Waals surface area contributed by atoms with Gasteiger partial charge in [0.05, 0.1) is 16.8 Å². The van der Waals surface area contributed by atoms with Crippen LogP contribution >= 0.6 is 11.3 Å². The van der Waals surface area contributed by atoms with Crippen LogP contribution in [-0.2, 0) is 11.3 Å². The van der Waals surface area contributed by atoms with E-state index < -0.39 is 5.54 Å². The lowest BCUT2D eigenvalue weighted by molar-refractivity contribution is -0.127. The number of nitrogens with one attached hydrogen (secondary N) is 1. The summed E-state index contributed by atoms with van der Waals surface area (Å²) in [5.41, 5.74) is 3.64. The first-order valence-corrected chi connectivity index (χ1v) is 12.1. The van der Waals surface area contributed by atoms with Gasteiger partial charge in [0.2, 0.25) is 5.91 Å². The first kappa shape index (κ1) is 20.3. The van der Waals surface area contributed by atoms with Crippen LogP contribution in [0.15, 0.2) is 35.7 Å². The standard InChI is InChI=1S/C25H29N3O2S/c1-16-11-17(2)13-19(12-16)28-23(29)21-14-22-20(9-10-31-22)27(21)15-25(28,3)24(30)26-18-7-5-4-6-8-18/h9-14,18H,4-8,15H2,1-3H3,(H,26,30)/t25-/m1/s1. The average Bonchev–Trinajstić information content (AvgIpc) is 3.30. The Labute approximate surface area is 187 Å². The summed E-state index contributed by atoms with van der Waals surface area (Å²) >= 11 is 1.63. The predicted molar refractivity (Wildman–Crippen MR) is 126 cm³/mol. The molecule has 5 nitrogen and oxygen atoms in total. The molecule has 162 valence electrons. The maximum absolute atomic E-state index is 13.8. The van der Waals surface area contributed by atoms with Gasteiger partial charge in [-0.2, -0.15) is 0 Å². The third kappa shape index (κ3) is 3.37. The lowest BCUT2D eigenvalue weighted by Gasteiger charge is -2.45. The molecule has 0 radical (unpaired) electrons. The highest BCUT2D eigenvalue weighted by Crippen LogP contribution is 2.38. The highest BCUT2D eigenvalue weighted by Gasteiger charge is 2.49. The Morgan fingerprint density at radius 3 is 2.52 bits per heavy atom. The van der Waals surface area contributed by atoms with Crippen LogP contribution in [0.5, 0.6) is 0 Å². The second-order valence-electron chi connectivity index (χ2n) is 9.35. The summed E-state index contributed by atoms with van der Waals surface area (Å²) in [5.74, 6) is -0.171. The number of carbonyl (C=O) groups is 2. The Kier molecular flexibility index (Phi) is 4.93. The van der Waals surface area contributed by atoms with Crippen molar-refractivity contribution in [3.63, 3.8) is 0 Å². The van der Waals surface area contributed by atoms with E-state index >= 15 is 0 Å². The van der Waals surface area contributed by atoms with Crippen molar-refractivity contribution in [3.05, 3.63) is 52.5 Å². The number of benzene rings is 1. The van der Waals surface area contributed by atoms with Gasteiger partial charge in [-0.1, -0.05) is 25.3 Å². The number of carbonyl (C=O) groups excluding carboxylic acids is 2. The van der Waals surface area contributed by atoms with Gasteiger partial charge < -0.3 is 9.88 Å². The summed E-state index contributed by atoms with van der Waals surface area (Å²) in [5, 5.41) is 5.34. The first-order chi connectivity index (χ1) is 14.9. The largest absolute Gasteiger partial charge is 0.351 e. The van der Waals surface area contributed by atoms with E-state index in [1.165, 1.54) is 6.42 Å². The minimum absolute atomic E-state index is 0.0605. The number of thiophene rings is 1. The third-order valence-corrected chi connectivity index (χ3v) is 7.65. The molecule has 0 saturated heterocycles. The number of fused-ring (bicyclic) bond motifs is 3. The van der Waals surface area contributed by atoms with Crippen LogP contribution in [0.25, 0.3) is 10.2 Å². The van der Waals surface area contributed by atoms with Gasteiger partial charge in [-0.15, -0.1) is 11.3 Å². The van der Waals surface area contributed by atoms with Crippen LogP contribution in [0.3, 0.4) is 0 Å². The summed E-state index contributed by atoms with van der Waals surface area (Å²) in [6.45, 7) is 6.42. The molecule has 1 aliphatic heterocycles. The lowest BCUT2D eigenvalue weighted by atomic mass is 9.90. The number of anilines is 1. The number of hydrogen-bond acceptors (Lipinski definition) is 3. The zero-order valence-electron chi connectivity index (χ0n) is 18.4. The molecule has 0 unspecified atom stereocenters. The molecular weight excluding hydrogens is 406 g/mol. The van der Waals surface area contributed by atoms with Crippen molar-refractivity contribution >= 4 is 39.1 Å². The maximum atomic E-state index is 13.8. The number of aryl methyl sites for hydroxylation is 2. The molecule has 3 heterocycles. The Hall–Kier alpha value is -2.60. The second kappa shape index (κ2) is 7.52.